The van der Waals surface area contributed by atoms with Crippen LogP contribution in [-0.2, 0) is 14.6 Å². The van der Waals surface area contributed by atoms with E-state index in [1.165, 1.54) is 0 Å². The Morgan fingerprint density at radius 3 is 2.44 bits per heavy atom. The summed E-state index contributed by atoms with van der Waals surface area (Å²) in [7, 11) is -3.11. The van der Waals surface area contributed by atoms with Gasteiger partial charge in [0.2, 0.25) is 11.8 Å². The molecule has 2 atom stereocenters. The Morgan fingerprint density at radius 1 is 1.07 bits per heavy atom. The number of carbonyl (C=O) groups excluding carboxylic acids is 1. The molecule has 0 radical (unpaired) electrons. The zero-order valence-electron chi connectivity index (χ0n) is 22.4. The molecule has 1 saturated heterocycles. The highest BCUT2D eigenvalue weighted by molar-refractivity contribution is 7.91. The molecule has 1 aromatic heterocycles. The number of benzene rings is 2. The molecule has 6 rings (SSSR count). The second kappa shape index (κ2) is 10.6. The molecule has 11 heteroatoms. The van der Waals surface area contributed by atoms with E-state index in [1.54, 1.807) is 0 Å². The van der Waals surface area contributed by atoms with Crippen LogP contribution in [0, 0.1) is 28.9 Å². The Morgan fingerprint density at radius 2 is 1.76 bits per heavy atom. The van der Waals surface area contributed by atoms with Crippen LogP contribution in [0.15, 0.2) is 46.9 Å². The van der Waals surface area contributed by atoms with Crippen LogP contribution < -0.4 is 10.2 Å². The van der Waals surface area contributed by atoms with Gasteiger partial charge in [-0.3, -0.25) is 4.79 Å². The maximum Gasteiger partial charge on any atom is 0.227 e. The van der Waals surface area contributed by atoms with Gasteiger partial charge in [0.05, 0.1) is 17.6 Å². The number of oxazole rings is 1. The number of halogens is 2. The Balaban J connectivity index is 1.45. The topological polar surface area (TPSA) is 116 Å². The molecule has 2 aliphatic carbocycles. The number of carbonyl (C=O) groups is 1. The minimum atomic E-state index is -3.11. The van der Waals surface area contributed by atoms with Gasteiger partial charge in [-0.25, -0.2) is 22.2 Å². The average Bonchev–Trinajstić information content (AvgIpc) is 3.59. The van der Waals surface area contributed by atoms with Crippen molar-refractivity contribution >= 4 is 21.4 Å². The first-order valence-corrected chi connectivity index (χ1v) is 15.7. The highest BCUT2D eigenvalue weighted by Crippen LogP contribution is 2.46. The van der Waals surface area contributed by atoms with Crippen LogP contribution in [0.1, 0.15) is 50.2 Å². The predicted octanol–water partition coefficient (Wildman–Crippen LogP) is 4.97. The van der Waals surface area contributed by atoms with Gasteiger partial charge < -0.3 is 14.6 Å². The van der Waals surface area contributed by atoms with Crippen LogP contribution >= 0.6 is 0 Å². The third-order valence-electron chi connectivity index (χ3n) is 8.37. The highest BCUT2D eigenvalue weighted by atomic mass is 32.2. The maximum atomic E-state index is 14.2. The van der Waals surface area contributed by atoms with Crippen molar-refractivity contribution in [1.82, 2.24) is 10.3 Å². The Kier molecular flexibility index (Phi) is 7.06. The number of rotatable bonds is 6. The van der Waals surface area contributed by atoms with Crippen molar-refractivity contribution in [2.24, 2.45) is 5.92 Å². The number of hydrogen-bond donors (Lipinski definition) is 1. The summed E-state index contributed by atoms with van der Waals surface area (Å²) < 4.78 is 58.9. The van der Waals surface area contributed by atoms with Crippen molar-refractivity contribution in [3.8, 4) is 28.8 Å². The third kappa shape index (κ3) is 5.58. The van der Waals surface area contributed by atoms with E-state index < -0.39 is 32.9 Å². The van der Waals surface area contributed by atoms with Crippen molar-refractivity contribution in [3.63, 3.8) is 0 Å². The number of nitriles is 1. The molecular formula is C30H30F2N4O4S. The lowest BCUT2D eigenvalue weighted by Crippen LogP contribution is -2.42. The molecule has 1 aliphatic heterocycles. The van der Waals surface area contributed by atoms with E-state index >= 15 is 0 Å². The van der Waals surface area contributed by atoms with Gasteiger partial charge in [-0.15, -0.1) is 0 Å². The minimum Gasteiger partial charge on any atom is -0.440 e. The van der Waals surface area contributed by atoms with Crippen molar-refractivity contribution in [2.45, 2.75) is 50.0 Å². The summed E-state index contributed by atoms with van der Waals surface area (Å²) in [5.74, 6) is -2.03. The van der Waals surface area contributed by atoms with E-state index in [4.69, 9.17) is 9.40 Å². The molecule has 3 fully saturated rings. The summed E-state index contributed by atoms with van der Waals surface area (Å²) in [4.78, 5) is 20.2. The van der Waals surface area contributed by atoms with E-state index in [2.05, 4.69) is 11.4 Å². The fourth-order valence-corrected chi connectivity index (χ4v) is 7.16. The molecule has 2 heterocycles. The summed E-state index contributed by atoms with van der Waals surface area (Å²) >= 11 is 0. The first kappa shape index (κ1) is 27.4. The zero-order chi connectivity index (χ0) is 28.8. The molecule has 0 unspecified atom stereocenters. The fourth-order valence-electron chi connectivity index (χ4n) is 5.96. The summed E-state index contributed by atoms with van der Waals surface area (Å²) in [5, 5.41) is 12.5. The van der Waals surface area contributed by atoms with Crippen LogP contribution in [0.3, 0.4) is 0 Å². The molecule has 214 valence electrons. The number of nitrogens with zero attached hydrogens (tertiary/aromatic N) is 3. The zero-order valence-corrected chi connectivity index (χ0v) is 23.2. The van der Waals surface area contributed by atoms with Gasteiger partial charge in [0.1, 0.15) is 28.6 Å². The second-order valence-corrected chi connectivity index (χ2v) is 13.5. The number of sulfone groups is 1. The van der Waals surface area contributed by atoms with E-state index in [0.717, 1.165) is 36.7 Å². The van der Waals surface area contributed by atoms with Crippen molar-refractivity contribution < 1.29 is 26.4 Å². The number of anilines is 1. The Hall–Kier alpha value is -3.78. The van der Waals surface area contributed by atoms with Crippen LogP contribution in [0.2, 0.25) is 0 Å². The molecule has 41 heavy (non-hydrogen) atoms. The lowest BCUT2D eigenvalue weighted by Gasteiger charge is -2.32. The molecule has 0 spiro atoms. The molecule has 1 N–H and O–H groups in total. The Labute approximate surface area is 237 Å². The fraction of sp³-hybridized carbons (Fsp3) is 0.433. The molecule has 8 nitrogen and oxygen atoms in total. The number of nitrogens with one attached hydrogen (secondary N) is 1. The lowest BCUT2D eigenvalue weighted by molar-refractivity contribution is -0.127. The first-order valence-electron chi connectivity index (χ1n) is 13.9. The number of para-hydroxylation sites is 1. The summed E-state index contributed by atoms with van der Waals surface area (Å²) in [6.07, 6.45) is 4.18. The monoisotopic (exact) mass is 580 g/mol. The van der Waals surface area contributed by atoms with Crippen molar-refractivity contribution in [1.29, 1.82) is 5.26 Å². The predicted molar refractivity (Wildman–Crippen MR) is 149 cm³/mol. The molecule has 2 saturated carbocycles. The average molecular weight is 581 g/mol. The summed E-state index contributed by atoms with van der Waals surface area (Å²) in [6.45, 7) is 0.637. The standard InChI is InChI=1S/C30H30F2N4O4S/c31-20-15-19(16-21(32)17-20)29-34-26(24-7-3-4-8-25(24)36-11-13-41(38,39)14-12-36)27(40-29)22-5-1-2-6-23(22)28(37)35-30(18-33)9-10-30/h3-4,7-8,15-17,22-23H,1-2,5-6,9-14H2,(H,35,37)/t22-,23-/m1/s1. The quantitative estimate of drug-likeness (QED) is 0.438. The highest BCUT2D eigenvalue weighted by Gasteiger charge is 2.47. The maximum absolute atomic E-state index is 14.2. The van der Waals surface area contributed by atoms with Crippen LogP contribution in [0.25, 0.3) is 22.7 Å². The normalized spacial score (nSPS) is 23.0. The van der Waals surface area contributed by atoms with Gasteiger partial charge in [0.25, 0.3) is 0 Å². The van der Waals surface area contributed by atoms with Crippen molar-refractivity contribution in [2.75, 3.05) is 29.5 Å². The van der Waals surface area contributed by atoms with Gasteiger partial charge in [-0.05, 0) is 43.9 Å². The minimum absolute atomic E-state index is 0.0323. The van der Waals surface area contributed by atoms with Gasteiger partial charge >= 0.3 is 0 Å². The van der Waals surface area contributed by atoms with E-state index in [9.17, 15) is 27.3 Å². The summed E-state index contributed by atoms with van der Waals surface area (Å²) in [5.41, 5.74) is 1.24. The smallest absolute Gasteiger partial charge is 0.227 e. The van der Waals surface area contributed by atoms with Crippen molar-refractivity contribution in [3.05, 3.63) is 59.9 Å². The molecule has 1 amide bonds. The van der Waals surface area contributed by atoms with Crippen LogP contribution in [0.4, 0.5) is 14.5 Å². The van der Waals surface area contributed by atoms with Gasteiger partial charge in [0.15, 0.2) is 9.84 Å². The third-order valence-corrected chi connectivity index (χ3v) is 9.98. The lowest BCUT2D eigenvalue weighted by atomic mass is 9.76. The SMILES string of the molecule is N#CC1(NC(=O)[C@@H]2CCCC[C@H]2c2oc(-c3cc(F)cc(F)c3)nc2-c2ccccc2N2CCS(=O)(=O)CC2)CC1. The van der Waals surface area contributed by atoms with E-state index in [-0.39, 0.29) is 34.8 Å². The van der Waals surface area contributed by atoms with Gasteiger partial charge in [-0.1, -0.05) is 31.0 Å². The van der Waals surface area contributed by atoms with Crippen LogP contribution in [0.5, 0.6) is 0 Å². The Bertz CT molecular complexity index is 1610. The second-order valence-electron chi connectivity index (χ2n) is 11.2. The summed E-state index contributed by atoms with van der Waals surface area (Å²) in [6, 6.07) is 12.7. The number of amides is 1. The molecule has 3 aliphatic rings. The van der Waals surface area contributed by atoms with Gasteiger partial charge in [0, 0.05) is 47.8 Å². The van der Waals surface area contributed by atoms with Crippen LogP contribution in [-0.4, -0.2) is 49.4 Å². The largest absolute Gasteiger partial charge is 0.440 e. The molecular weight excluding hydrogens is 550 g/mol. The molecule has 0 bridgehead atoms. The van der Waals surface area contributed by atoms with Gasteiger partial charge in [-0.2, -0.15) is 5.26 Å². The number of aromatic nitrogens is 1. The molecule has 2 aromatic carbocycles. The molecule has 3 aromatic rings. The number of hydrogen-bond acceptors (Lipinski definition) is 7. The van der Waals surface area contributed by atoms with E-state index in [0.29, 0.717) is 55.8 Å². The van der Waals surface area contributed by atoms with E-state index in [1.807, 2.05) is 29.2 Å². The first-order chi connectivity index (χ1) is 19.7.